The number of carboxylic acid groups (broad SMARTS) is 1. The zero-order valence-electron chi connectivity index (χ0n) is 12.7. The van der Waals surface area contributed by atoms with Crippen molar-refractivity contribution in [3.8, 4) is 5.75 Å². The molecule has 0 aliphatic heterocycles. The number of sulfonamides is 1. The van der Waals surface area contributed by atoms with Crippen molar-refractivity contribution in [2.45, 2.75) is 18.2 Å². The fourth-order valence-electron chi connectivity index (χ4n) is 2.13. The lowest BCUT2D eigenvalue weighted by Gasteiger charge is -2.13. The molecule has 0 radical (unpaired) electrons. The first-order valence-electron chi connectivity index (χ1n) is 6.80. The highest BCUT2D eigenvalue weighted by Gasteiger charge is 2.21. The van der Waals surface area contributed by atoms with Crippen LogP contribution in [0.2, 0.25) is 0 Å². The molecule has 23 heavy (non-hydrogen) atoms. The third-order valence-corrected chi connectivity index (χ3v) is 4.55. The summed E-state index contributed by atoms with van der Waals surface area (Å²) < 4.78 is 32.7. The lowest BCUT2D eigenvalue weighted by molar-refractivity contribution is -0.136. The highest BCUT2D eigenvalue weighted by Crippen LogP contribution is 2.27. The zero-order chi connectivity index (χ0) is 17.0. The van der Waals surface area contributed by atoms with Gasteiger partial charge in [0.1, 0.15) is 10.6 Å². The summed E-state index contributed by atoms with van der Waals surface area (Å²) in [5.41, 5.74) is 1.72. The Morgan fingerprint density at radius 3 is 2.57 bits per heavy atom. The van der Waals surface area contributed by atoms with Gasteiger partial charge in [-0.2, -0.15) is 0 Å². The van der Waals surface area contributed by atoms with Gasteiger partial charge >= 0.3 is 5.97 Å². The number of hydrogen-bond acceptors (Lipinski definition) is 4. The van der Waals surface area contributed by atoms with Crippen LogP contribution in [0.15, 0.2) is 47.4 Å². The number of hydrogen-bond donors (Lipinski definition) is 2. The van der Waals surface area contributed by atoms with Gasteiger partial charge in [-0.3, -0.25) is 9.52 Å². The molecule has 0 fully saturated rings. The number of aliphatic carboxylic acids is 1. The van der Waals surface area contributed by atoms with Gasteiger partial charge in [0.05, 0.1) is 13.5 Å². The summed E-state index contributed by atoms with van der Waals surface area (Å²) in [5, 5.41) is 8.86. The highest BCUT2D eigenvalue weighted by molar-refractivity contribution is 7.92. The second-order valence-electron chi connectivity index (χ2n) is 5.03. The van der Waals surface area contributed by atoms with Crippen molar-refractivity contribution in [3.63, 3.8) is 0 Å². The Morgan fingerprint density at radius 2 is 1.96 bits per heavy atom. The van der Waals surface area contributed by atoms with Gasteiger partial charge in [0.2, 0.25) is 0 Å². The SMILES string of the molecule is COc1ccc(CC(=O)O)cc1S(=O)(=O)Nc1cccc(C)c1. The van der Waals surface area contributed by atoms with Crippen LogP contribution < -0.4 is 9.46 Å². The third-order valence-electron chi connectivity index (χ3n) is 3.14. The Morgan fingerprint density at radius 1 is 1.22 bits per heavy atom. The Bertz CT molecular complexity index is 830. The van der Waals surface area contributed by atoms with E-state index in [0.717, 1.165) is 5.56 Å². The zero-order valence-corrected chi connectivity index (χ0v) is 13.6. The van der Waals surface area contributed by atoms with E-state index in [4.69, 9.17) is 9.84 Å². The molecule has 6 nitrogen and oxygen atoms in total. The van der Waals surface area contributed by atoms with Crippen LogP contribution in [-0.4, -0.2) is 26.6 Å². The van der Waals surface area contributed by atoms with Crippen LogP contribution in [0.5, 0.6) is 5.75 Å². The first-order valence-corrected chi connectivity index (χ1v) is 8.28. The molecule has 0 bridgehead atoms. The first kappa shape index (κ1) is 16.8. The molecule has 0 aromatic heterocycles. The van der Waals surface area contributed by atoms with Crippen LogP contribution in [0.1, 0.15) is 11.1 Å². The molecule has 122 valence electrons. The Kier molecular flexibility index (Phi) is 4.90. The van der Waals surface area contributed by atoms with E-state index in [-0.39, 0.29) is 17.1 Å². The Balaban J connectivity index is 2.42. The molecule has 0 atom stereocenters. The normalized spacial score (nSPS) is 11.0. The smallest absolute Gasteiger partial charge is 0.307 e. The molecule has 0 aliphatic rings. The largest absolute Gasteiger partial charge is 0.495 e. The predicted octanol–water partition coefficient (Wildman–Crippen LogP) is 2.43. The summed E-state index contributed by atoms with van der Waals surface area (Å²) in [6.07, 6.45) is -0.267. The Labute approximate surface area is 134 Å². The maximum absolute atomic E-state index is 12.6. The average molecular weight is 335 g/mol. The number of carboxylic acids is 1. The number of carbonyl (C=O) groups is 1. The molecule has 2 aromatic carbocycles. The second-order valence-corrected chi connectivity index (χ2v) is 6.68. The standard InChI is InChI=1S/C16H17NO5S/c1-11-4-3-5-13(8-11)17-23(20,21)15-9-12(10-16(18)19)6-7-14(15)22-2/h3-9,17H,10H2,1-2H3,(H,18,19). The van der Waals surface area contributed by atoms with Crippen molar-refractivity contribution < 1.29 is 23.1 Å². The minimum absolute atomic E-state index is 0.0970. The van der Waals surface area contributed by atoms with Crippen LogP contribution in [0.3, 0.4) is 0 Å². The van der Waals surface area contributed by atoms with Crippen LogP contribution in [-0.2, 0) is 21.2 Å². The van der Waals surface area contributed by atoms with Crippen LogP contribution >= 0.6 is 0 Å². The molecule has 2 aromatic rings. The topological polar surface area (TPSA) is 92.7 Å². The van der Waals surface area contributed by atoms with E-state index in [1.54, 1.807) is 18.2 Å². The molecule has 0 spiro atoms. The monoisotopic (exact) mass is 335 g/mol. The summed E-state index contributed by atoms with van der Waals surface area (Å²) in [7, 11) is -2.54. The van der Waals surface area contributed by atoms with Crippen molar-refractivity contribution >= 4 is 21.7 Å². The minimum Gasteiger partial charge on any atom is -0.495 e. The Hall–Kier alpha value is -2.54. The lowest BCUT2D eigenvalue weighted by atomic mass is 10.1. The van der Waals surface area contributed by atoms with E-state index in [2.05, 4.69) is 4.72 Å². The molecular formula is C16H17NO5S. The number of ether oxygens (including phenoxy) is 1. The van der Waals surface area contributed by atoms with Gasteiger partial charge in [0.15, 0.2) is 0 Å². The fourth-order valence-corrected chi connectivity index (χ4v) is 3.40. The number of aryl methyl sites for hydroxylation is 1. The van der Waals surface area contributed by atoms with Crippen molar-refractivity contribution in [2.24, 2.45) is 0 Å². The van der Waals surface area contributed by atoms with Gasteiger partial charge < -0.3 is 9.84 Å². The van der Waals surface area contributed by atoms with Gasteiger partial charge in [0.25, 0.3) is 10.0 Å². The van der Waals surface area contributed by atoms with Crippen molar-refractivity contribution in [1.82, 2.24) is 0 Å². The second kappa shape index (κ2) is 6.70. The molecule has 0 amide bonds. The van der Waals surface area contributed by atoms with E-state index in [9.17, 15) is 13.2 Å². The van der Waals surface area contributed by atoms with Gasteiger partial charge in [-0.1, -0.05) is 18.2 Å². The summed E-state index contributed by atoms with van der Waals surface area (Å²) in [6, 6.07) is 11.2. The van der Waals surface area contributed by atoms with E-state index in [1.807, 2.05) is 13.0 Å². The van der Waals surface area contributed by atoms with Gasteiger partial charge in [-0.25, -0.2) is 8.42 Å². The van der Waals surface area contributed by atoms with Crippen molar-refractivity contribution in [1.29, 1.82) is 0 Å². The van der Waals surface area contributed by atoms with Crippen molar-refractivity contribution in [2.75, 3.05) is 11.8 Å². The number of rotatable bonds is 6. The van der Waals surface area contributed by atoms with Crippen LogP contribution in [0, 0.1) is 6.92 Å². The van der Waals surface area contributed by atoms with Gasteiger partial charge in [-0.15, -0.1) is 0 Å². The number of anilines is 1. The highest BCUT2D eigenvalue weighted by atomic mass is 32.2. The number of methoxy groups -OCH3 is 1. The first-order chi connectivity index (χ1) is 10.8. The van der Waals surface area contributed by atoms with Gasteiger partial charge in [0, 0.05) is 5.69 Å². The maximum atomic E-state index is 12.6. The molecule has 0 heterocycles. The lowest BCUT2D eigenvalue weighted by Crippen LogP contribution is -2.15. The number of nitrogens with one attached hydrogen (secondary N) is 1. The van der Waals surface area contributed by atoms with Crippen molar-refractivity contribution in [3.05, 3.63) is 53.6 Å². The molecular weight excluding hydrogens is 318 g/mol. The van der Waals surface area contributed by atoms with E-state index in [0.29, 0.717) is 11.3 Å². The van der Waals surface area contributed by atoms with E-state index in [1.165, 1.54) is 25.3 Å². The van der Waals surface area contributed by atoms with Crippen LogP contribution in [0.4, 0.5) is 5.69 Å². The summed E-state index contributed by atoms with van der Waals surface area (Å²) in [4.78, 5) is 10.7. The molecule has 0 saturated carbocycles. The fraction of sp³-hybridized carbons (Fsp3) is 0.188. The maximum Gasteiger partial charge on any atom is 0.307 e. The third kappa shape index (κ3) is 4.23. The van der Waals surface area contributed by atoms with E-state index >= 15 is 0 Å². The molecule has 2 rings (SSSR count). The van der Waals surface area contributed by atoms with Crippen LogP contribution in [0.25, 0.3) is 0 Å². The molecule has 0 unspecified atom stereocenters. The summed E-state index contributed by atoms with van der Waals surface area (Å²) in [5.74, 6) is -0.885. The average Bonchev–Trinajstić information content (AvgIpc) is 2.46. The van der Waals surface area contributed by atoms with E-state index < -0.39 is 16.0 Å². The predicted molar refractivity (Wildman–Crippen MR) is 86.3 cm³/mol. The summed E-state index contributed by atoms with van der Waals surface area (Å²) in [6.45, 7) is 1.85. The quantitative estimate of drug-likeness (QED) is 0.846. The summed E-state index contributed by atoms with van der Waals surface area (Å²) >= 11 is 0. The number of benzene rings is 2. The molecule has 2 N–H and O–H groups in total. The molecule has 0 aliphatic carbocycles. The molecule has 7 heteroatoms. The minimum atomic E-state index is -3.90. The molecule has 0 saturated heterocycles. The van der Waals surface area contributed by atoms with Gasteiger partial charge in [-0.05, 0) is 42.3 Å².